The molecule has 0 N–H and O–H groups in total. The molecule has 2 aromatic rings. The van der Waals surface area contributed by atoms with E-state index in [0.717, 1.165) is 37.7 Å². The van der Waals surface area contributed by atoms with Crippen LogP contribution in [-0.2, 0) is 10.2 Å². The molecule has 158 valence electrons. The van der Waals surface area contributed by atoms with Crippen LogP contribution in [0, 0.1) is 11.3 Å². The Labute approximate surface area is 176 Å². The number of benzene rings is 1. The Morgan fingerprint density at radius 1 is 1.33 bits per heavy atom. The van der Waals surface area contributed by atoms with Crippen LogP contribution in [0.25, 0.3) is 11.4 Å². The molecule has 1 heterocycles. The molecule has 0 atom stereocenters. The van der Waals surface area contributed by atoms with Gasteiger partial charge in [-0.2, -0.15) is 10.2 Å². The Balaban J connectivity index is 1.76. The second kappa shape index (κ2) is 9.66. The molecule has 0 aliphatic heterocycles. The lowest BCUT2D eigenvalue weighted by molar-refractivity contribution is -0.118. The fraction of sp³-hybridized carbons (Fsp3) is 0.478. The van der Waals surface area contributed by atoms with E-state index in [1.54, 1.807) is 4.90 Å². The molecule has 0 unspecified atom stereocenters. The molecule has 1 aliphatic rings. The lowest BCUT2D eigenvalue weighted by atomic mass is 10.1. The summed E-state index contributed by atoms with van der Waals surface area (Å²) >= 11 is 0. The topological polar surface area (TPSA) is 83.0 Å². The largest absolute Gasteiger partial charge is 0.338 e. The zero-order chi connectivity index (χ0) is 21.6. The molecule has 7 heteroatoms. The predicted octanol–water partition coefficient (Wildman–Crippen LogP) is 5.47. The third-order valence-corrected chi connectivity index (χ3v) is 5.44. The zero-order valence-corrected chi connectivity index (χ0v) is 17.4. The monoisotopic (exact) mass is 410 g/mol. The zero-order valence-electron chi connectivity index (χ0n) is 17.4. The highest BCUT2D eigenvalue weighted by atomic mass is 19.1. The number of nitriles is 1. The normalized spacial score (nSPS) is 14.2. The summed E-state index contributed by atoms with van der Waals surface area (Å²) in [5, 5.41) is 12.8. The van der Waals surface area contributed by atoms with Crippen LogP contribution in [0.1, 0.15) is 64.2 Å². The van der Waals surface area contributed by atoms with E-state index in [-0.39, 0.29) is 24.2 Å². The first kappa shape index (κ1) is 21.7. The number of rotatable bonds is 11. The smallest absolute Gasteiger partial charge is 0.232 e. The summed E-state index contributed by atoms with van der Waals surface area (Å²) in [5.41, 5.74) is 1.47. The highest BCUT2D eigenvalue weighted by molar-refractivity contribution is 5.94. The van der Waals surface area contributed by atoms with Crippen molar-refractivity contribution in [3.8, 4) is 17.5 Å². The first-order valence-corrected chi connectivity index (χ1v) is 10.4. The van der Waals surface area contributed by atoms with E-state index in [4.69, 9.17) is 9.78 Å². The number of unbranched alkanes of at least 4 members (excludes halogenated alkanes) is 3. The van der Waals surface area contributed by atoms with E-state index < -0.39 is 5.83 Å². The van der Waals surface area contributed by atoms with Crippen molar-refractivity contribution in [2.24, 2.45) is 0 Å². The molecule has 3 rings (SSSR count). The molecule has 30 heavy (non-hydrogen) atoms. The number of aromatic nitrogens is 2. The number of anilines is 1. The van der Waals surface area contributed by atoms with Crippen molar-refractivity contribution >= 4 is 11.6 Å². The van der Waals surface area contributed by atoms with E-state index in [1.165, 1.54) is 0 Å². The van der Waals surface area contributed by atoms with Crippen LogP contribution in [0.15, 0.2) is 41.2 Å². The van der Waals surface area contributed by atoms with Crippen LogP contribution in [0.3, 0.4) is 0 Å². The van der Waals surface area contributed by atoms with Crippen LogP contribution >= 0.6 is 0 Å². The average molecular weight is 410 g/mol. The summed E-state index contributed by atoms with van der Waals surface area (Å²) in [5.74, 6) is 0.484. The number of hydrogen-bond acceptors (Lipinski definition) is 5. The molecule has 6 nitrogen and oxygen atoms in total. The van der Waals surface area contributed by atoms with Gasteiger partial charge in [-0.05, 0) is 37.8 Å². The molecule has 1 aromatic heterocycles. The summed E-state index contributed by atoms with van der Waals surface area (Å²) in [6, 6.07) is 9.58. The van der Waals surface area contributed by atoms with Gasteiger partial charge in [0.05, 0.1) is 11.9 Å². The van der Waals surface area contributed by atoms with Gasteiger partial charge in [0.25, 0.3) is 0 Å². The van der Waals surface area contributed by atoms with Crippen LogP contribution in [0.5, 0.6) is 0 Å². The highest BCUT2D eigenvalue weighted by Crippen LogP contribution is 2.47. The van der Waals surface area contributed by atoms with Gasteiger partial charge in [-0.1, -0.05) is 37.2 Å². The number of halogens is 1. The molecule has 1 fully saturated rings. The number of carbonyl (C=O) groups excluding carboxylic acids is 1. The summed E-state index contributed by atoms with van der Waals surface area (Å²) in [4.78, 5) is 19.0. The van der Waals surface area contributed by atoms with Crippen molar-refractivity contribution in [1.82, 2.24) is 10.1 Å². The SMILES string of the molecule is C=C(F)CCC(=O)N(CCCCCC#N)c1cccc(-c2noc(C3(C)CC3)n2)c1. The fourth-order valence-electron chi connectivity index (χ4n) is 3.23. The molecular weight excluding hydrogens is 383 g/mol. The Hall–Kier alpha value is -3.01. The van der Waals surface area contributed by atoms with Crippen LogP contribution in [0.2, 0.25) is 0 Å². The second-order valence-electron chi connectivity index (χ2n) is 8.07. The lowest BCUT2D eigenvalue weighted by Gasteiger charge is -2.23. The Morgan fingerprint density at radius 2 is 2.13 bits per heavy atom. The van der Waals surface area contributed by atoms with E-state index in [9.17, 15) is 9.18 Å². The maximum atomic E-state index is 13.1. The Morgan fingerprint density at radius 3 is 2.83 bits per heavy atom. The average Bonchev–Trinajstić information content (AvgIpc) is 3.28. The molecular formula is C23H27FN4O2. The number of amides is 1. The quantitative estimate of drug-likeness (QED) is 0.459. The molecule has 1 amide bonds. The Kier molecular flexibility index (Phi) is 6.99. The van der Waals surface area contributed by atoms with Gasteiger partial charge in [0.15, 0.2) is 0 Å². The lowest BCUT2D eigenvalue weighted by Crippen LogP contribution is -2.31. The Bertz CT molecular complexity index is 943. The van der Waals surface area contributed by atoms with Crippen LogP contribution in [0.4, 0.5) is 10.1 Å². The summed E-state index contributed by atoms with van der Waals surface area (Å²) in [6.07, 6.45) is 5.07. The highest BCUT2D eigenvalue weighted by Gasteiger charge is 2.44. The first-order chi connectivity index (χ1) is 14.4. The summed E-state index contributed by atoms with van der Waals surface area (Å²) < 4.78 is 18.5. The standard InChI is InChI=1S/C23H27FN4O2/c1-17(24)10-11-20(29)28(15-6-4-3-5-14-25)19-9-7-8-18(16-19)21-26-22(30-27-21)23(2)12-13-23/h7-9,16H,1,3-6,10-13,15H2,2H3. The van der Waals surface area contributed by atoms with E-state index in [2.05, 4.69) is 29.7 Å². The maximum absolute atomic E-state index is 13.1. The molecule has 1 aliphatic carbocycles. The summed E-state index contributed by atoms with van der Waals surface area (Å²) in [7, 11) is 0. The molecule has 1 saturated carbocycles. The van der Waals surface area contributed by atoms with Gasteiger partial charge in [-0.25, -0.2) is 4.39 Å². The number of allylic oxidation sites excluding steroid dienone is 1. The van der Waals surface area contributed by atoms with Gasteiger partial charge in [0.2, 0.25) is 17.6 Å². The molecule has 0 radical (unpaired) electrons. The minimum Gasteiger partial charge on any atom is -0.338 e. The van der Waals surface area contributed by atoms with Crippen LogP contribution < -0.4 is 4.90 Å². The van der Waals surface area contributed by atoms with Gasteiger partial charge < -0.3 is 9.42 Å². The third-order valence-electron chi connectivity index (χ3n) is 5.44. The molecule has 1 aromatic carbocycles. The number of nitrogens with zero attached hydrogens (tertiary/aromatic N) is 4. The van der Waals surface area contributed by atoms with E-state index >= 15 is 0 Å². The van der Waals surface area contributed by atoms with Crippen molar-refractivity contribution in [3.05, 3.63) is 42.6 Å². The van der Waals surface area contributed by atoms with Gasteiger partial charge in [-0.3, -0.25) is 4.79 Å². The van der Waals surface area contributed by atoms with Gasteiger partial charge >= 0.3 is 0 Å². The molecule has 0 spiro atoms. The molecule has 0 bridgehead atoms. The van der Waals surface area contributed by atoms with Gasteiger partial charge in [0, 0.05) is 42.5 Å². The third kappa shape index (κ3) is 5.53. The molecule has 0 saturated heterocycles. The van der Waals surface area contributed by atoms with Crippen molar-refractivity contribution in [2.75, 3.05) is 11.4 Å². The first-order valence-electron chi connectivity index (χ1n) is 10.4. The van der Waals surface area contributed by atoms with Gasteiger partial charge in [-0.15, -0.1) is 0 Å². The minimum absolute atomic E-state index is 0.0102. The maximum Gasteiger partial charge on any atom is 0.232 e. The van der Waals surface area contributed by atoms with Crippen molar-refractivity contribution in [1.29, 1.82) is 5.26 Å². The minimum atomic E-state index is -0.501. The number of carbonyl (C=O) groups is 1. The second-order valence-corrected chi connectivity index (χ2v) is 8.07. The van der Waals surface area contributed by atoms with Crippen molar-refractivity contribution in [3.63, 3.8) is 0 Å². The fourth-order valence-corrected chi connectivity index (χ4v) is 3.23. The van der Waals surface area contributed by atoms with Gasteiger partial charge in [0.1, 0.15) is 0 Å². The number of hydrogen-bond donors (Lipinski definition) is 0. The van der Waals surface area contributed by atoms with E-state index in [1.807, 2.05) is 24.3 Å². The van der Waals surface area contributed by atoms with E-state index in [0.29, 0.717) is 30.4 Å². The van der Waals surface area contributed by atoms with Crippen molar-refractivity contribution < 1.29 is 13.7 Å². The van der Waals surface area contributed by atoms with Crippen molar-refractivity contribution in [2.45, 2.75) is 63.7 Å². The summed E-state index contributed by atoms with van der Waals surface area (Å²) in [6.45, 7) is 5.85. The predicted molar refractivity (Wildman–Crippen MR) is 112 cm³/mol. The van der Waals surface area contributed by atoms with Crippen LogP contribution in [-0.4, -0.2) is 22.6 Å².